The largest absolute Gasteiger partial charge is 1.00 e. The van der Waals surface area contributed by atoms with E-state index in [-0.39, 0.29) is 70.9 Å². The molecule has 0 aliphatic carbocycles. The predicted octanol–water partition coefficient (Wildman–Crippen LogP) is -10.7. The van der Waals surface area contributed by atoms with E-state index < -0.39 is 50.9 Å². The van der Waals surface area contributed by atoms with Gasteiger partial charge in [-0.15, -0.1) is 0 Å². The Morgan fingerprint density at radius 3 is 2.58 bits per heavy atom. The van der Waals surface area contributed by atoms with Crippen molar-refractivity contribution in [1.82, 2.24) is 4.90 Å². The molecule has 1 amide bonds. The number of hydrogen-bond acceptors (Lipinski definition) is 12. The van der Waals surface area contributed by atoms with Crippen LogP contribution in [0.5, 0.6) is 0 Å². The summed E-state index contributed by atoms with van der Waals surface area (Å²) in [5, 5.41) is 20.0. The first-order chi connectivity index (χ1) is 11.2. The number of nitrogens with zero attached hydrogens (tertiary/aromatic N) is 4. The molecule has 4 N–H and O–H groups in total. The number of carbonyl (C=O) groups excluding carboxylic acids is 1. The van der Waals surface area contributed by atoms with Crippen LogP contribution in [-0.2, 0) is 18.6 Å². The van der Waals surface area contributed by atoms with Gasteiger partial charge in [-0.1, -0.05) is 0 Å². The summed E-state index contributed by atoms with van der Waals surface area (Å²) in [6, 6.07) is -1.04. The number of aliphatic hydroxyl groups is 2. The summed E-state index contributed by atoms with van der Waals surface area (Å²) in [5.41, 5.74) is 5.41. The molecule has 13 nitrogen and oxygen atoms in total. The number of ether oxygens (including phenoxy) is 1. The Balaban J connectivity index is 0.00000169. The van der Waals surface area contributed by atoms with Crippen molar-refractivity contribution in [3.05, 3.63) is 0 Å². The fraction of sp³-hybridized carbons (Fsp3) is 0.600. The molecule has 0 aromatic rings. The average Bonchev–Trinajstić information content (AvgIpc) is 3.00. The zero-order valence-electron chi connectivity index (χ0n) is 13.8. The van der Waals surface area contributed by atoms with Crippen LogP contribution < -0.4 is 74.6 Å². The van der Waals surface area contributed by atoms with Crippen molar-refractivity contribution in [2.45, 2.75) is 30.6 Å². The average molecular weight is 407 g/mol. The summed E-state index contributed by atoms with van der Waals surface area (Å²) >= 11 is 0. The second-order valence-electron chi connectivity index (χ2n) is 5.14. The molecule has 1 saturated heterocycles. The standard InChI is InChI=1S/C10H14N5O8P.2Na/c11-10-13-7-4(8(18)14-10)12-2-15(7)9-6(17)5(16)3(23-9)1-22-24(19,20)21;;/h2-6,9,16-17H,1H2,(H2,11,14,18)(H2,19,20,21);;/q;2*+1/p-2/t3-,4?,5-,6-,9-;;/m1../s1. The molecule has 3 aliphatic heterocycles. The van der Waals surface area contributed by atoms with Crippen LogP contribution in [-0.4, -0.2) is 76.3 Å². The van der Waals surface area contributed by atoms with Gasteiger partial charge in [0.15, 0.2) is 18.1 Å². The third-order valence-corrected chi connectivity index (χ3v) is 4.01. The molecule has 1 unspecified atom stereocenters. The Morgan fingerprint density at radius 1 is 1.31 bits per heavy atom. The molecule has 3 heterocycles. The first-order valence-electron chi connectivity index (χ1n) is 6.64. The van der Waals surface area contributed by atoms with E-state index in [0.29, 0.717) is 0 Å². The molecule has 0 saturated carbocycles. The normalized spacial score (nSPS) is 33.2. The third-order valence-electron chi connectivity index (χ3n) is 3.55. The number of nitrogens with two attached hydrogens (primary N) is 1. The second kappa shape index (κ2) is 9.18. The summed E-state index contributed by atoms with van der Waals surface area (Å²) in [4.78, 5) is 45.1. The maximum absolute atomic E-state index is 11.7. The molecule has 16 heteroatoms. The Labute approximate surface area is 191 Å². The zero-order chi connectivity index (χ0) is 17.6. The zero-order valence-corrected chi connectivity index (χ0v) is 18.7. The fourth-order valence-corrected chi connectivity index (χ4v) is 2.80. The minimum Gasteiger partial charge on any atom is -0.790 e. The van der Waals surface area contributed by atoms with Gasteiger partial charge >= 0.3 is 59.1 Å². The maximum atomic E-state index is 11.7. The first-order valence-corrected chi connectivity index (χ1v) is 8.10. The van der Waals surface area contributed by atoms with Crippen molar-refractivity contribution in [2.75, 3.05) is 6.61 Å². The smallest absolute Gasteiger partial charge is 0.790 e. The minimum atomic E-state index is -5.26. The number of amides is 1. The number of rotatable bonds is 4. The van der Waals surface area contributed by atoms with Crippen LogP contribution in [0.3, 0.4) is 0 Å². The Kier molecular flexibility index (Phi) is 8.58. The molecule has 5 atom stereocenters. The quantitative estimate of drug-likeness (QED) is 0.296. The molecule has 3 rings (SSSR count). The number of guanidine groups is 1. The van der Waals surface area contributed by atoms with Crippen molar-refractivity contribution in [3.63, 3.8) is 0 Å². The summed E-state index contributed by atoms with van der Waals surface area (Å²) in [6.45, 7) is -0.775. The molecule has 0 radical (unpaired) electrons. The van der Waals surface area contributed by atoms with Crippen LogP contribution in [0.25, 0.3) is 0 Å². The van der Waals surface area contributed by atoms with Crippen molar-refractivity contribution < 1.29 is 97.7 Å². The predicted molar refractivity (Wildman–Crippen MR) is 72.4 cm³/mol. The van der Waals surface area contributed by atoms with Crippen molar-refractivity contribution in [2.24, 2.45) is 20.7 Å². The monoisotopic (exact) mass is 407 g/mol. The number of phosphoric ester groups is 1. The van der Waals surface area contributed by atoms with E-state index in [0.717, 1.165) is 6.34 Å². The SMILES string of the molecule is NC1=NC(=O)C2N=CN([C@@H]3O[C@H](COP(=O)([O-])[O-])[C@@H](O)[C@H]3O)C2=N1.[Na+].[Na+]. The van der Waals surface area contributed by atoms with Crippen LogP contribution in [0, 0.1) is 0 Å². The summed E-state index contributed by atoms with van der Waals surface area (Å²) in [7, 11) is -5.26. The Hall–Kier alpha value is 0.270. The van der Waals surface area contributed by atoms with E-state index in [2.05, 4.69) is 19.5 Å². The van der Waals surface area contributed by atoms with E-state index in [1.54, 1.807) is 0 Å². The molecule has 132 valence electrons. The molecular weight excluding hydrogens is 395 g/mol. The van der Waals surface area contributed by atoms with Gasteiger partial charge < -0.3 is 39.6 Å². The number of phosphoric acid groups is 1. The number of aliphatic hydroxyl groups excluding tert-OH is 2. The molecule has 0 aromatic heterocycles. The molecule has 0 spiro atoms. The summed E-state index contributed by atoms with van der Waals surface area (Å²) in [6.07, 6.45) is -4.43. The van der Waals surface area contributed by atoms with Crippen molar-refractivity contribution in [3.8, 4) is 0 Å². The number of carbonyl (C=O) groups is 1. The summed E-state index contributed by atoms with van der Waals surface area (Å²) in [5.74, 6) is -0.903. The van der Waals surface area contributed by atoms with E-state index >= 15 is 0 Å². The molecule has 0 aromatic carbocycles. The maximum Gasteiger partial charge on any atom is 1.00 e. The van der Waals surface area contributed by atoms with E-state index in [1.807, 2.05) is 0 Å². The number of amidine groups is 1. The molecular formula is C10H12N5Na2O8P. The topological polar surface area (TPSA) is 206 Å². The van der Waals surface area contributed by atoms with Crippen LogP contribution in [0.4, 0.5) is 0 Å². The number of aliphatic imine (C=N–C) groups is 3. The summed E-state index contributed by atoms with van der Waals surface area (Å²) < 4.78 is 19.9. The number of fused-ring (bicyclic) bond motifs is 1. The molecule has 3 aliphatic rings. The van der Waals surface area contributed by atoms with E-state index in [9.17, 15) is 29.4 Å². The molecule has 0 bridgehead atoms. The third kappa shape index (κ3) is 5.00. The first kappa shape index (κ1) is 24.3. The van der Waals surface area contributed by atoms with Gasteiger partial charge in [-0.2, -0.15) is 9.98 Å². The van der Waals surface area contributed by atoms with Crippen LogP contribution in [0.1, 0.15) is 0 Å². The Bertz CT molecular complexity index is 699. The minimum absolute atomic E-state index is 0. The Morgan fingerprint density at radius 2 is 1.96 bits per heavy atom. The molecule has 26 heavy (non-hydrogen) atoms. The fourth-order valence-electron chi connectivity index (χ4n) is 2.47. The van der Waals surface area contributed by atoms with Gasteiger partial charge in [0.2, 0.25) is 5.96 Å². The second-order valence-corrected chi connectivity index (χ2v) is 6.29. The van der Waals surface area contributed by atoms with Crippen LogP contribution in [0.2, 0.25) is 0 Å². The number of hydrogen-bond donors (Lipinski definition) is 3. The van der Waals surface area contributed by atoms with Crippen molar-refractivity contribution >= 4 is 31.9 Å². The van der Waals surface area contributed by atoms with Gasteiger partial charge in [0.25, 0.3) is 5.91 Å². The molecule has 1 fully saturated rings. The van der Waals surface area contributed by atoms with Crippen LogP contribution in [0.15, 0.2) is 15.0 Å². The van der Waals surface area contributed by atoms with Gasteiger partial charge in [-0.25, -0.2) is 0 Å². The van der Waals surface area contributed by atoms with E-state index in [1.165, 1.54) is 4.90 Å². The van der Waals surface area contributed by atoms with Gasteiger partial charge in [0.1, 0.15) is 18.3 Å². The van der Waals surface area contributed by atoms with Gasteiger partial charge in [0, 0.05) is 0 Å². The van der Waals surface area contributed by atoms with E-state index in [4.69, 9.17) is 10.5 Å². The van der Waals surface area contributed by atoms with Crippen molar-refractivity contribution in [1.29, 1.82) is 0 Å². The van der Waals surface area contributed by atoms with Gasteiger partial charge in [-0.3, -0.25) is 14.7 Å². The van der Waals surface area contributed by atoms with Gasteiger partial charge in [-0.05, 0) is 0 Å². The van der Waals surface area contributed by atoms with Gasteiger partial charge in [0.05, 0.1) is 20.8 Å². The van der Waals surface area contributed by atoms with Crippen LogP contribution >= 0.6 is 7.82 Å².